The van der Waals surface area contributed by atoms with Crippen molar-refractivity contribution in [2.75, 3.05) is 18.1 Å². The number of fused-ring (bicyclic) bond motifs is 1. The van der Waals surface area contributed by atoms with E-state index < -0.39 is 29.7 Å². The Bertz CT molecular complexity index is 1390. The highest BCUT2D eigenvalue weighted by atomic mass is 16.6. The molecule has 0 saturated carbocycles. The molecule has 3 unspecified atom stereocenters. The van der Waals surface area contributed by atoms with Crippen molar-refractivity contribution in [3.63, 3.8) is 0 Å². The summed E-state index contributed by atoms with van der Waals surface area (Å²) in [6.07, 6.45) is 7.55. The van der Waals surface area contributed by atoms with Crippen molar-refractivity contribution < 1.29 is 28.7 Å². The highest BCUT2D eigenvalue weighted by Gasteiger charge is 2.39. The summed E-state index contributed by atoms with van der Waals surface area (Å²) >= 11 is 0. The molecule has 4 rings (SSSR count). The van der Waals surface area contributed by atoms with Crippen LogP contribution in [-0.2, 0) is 36.7 Å². The Labute approximate surface area is 259 Å². The first-order valence-electron chi connectivity index (χ1n) is 15.2. The molecule has 2 N–H and O–H groups in total. The van der Waals surface area contributed by atoms with Crippen LogP contribution in [0, 0.1) is 5.92 Å². The molecule has 2 aliphatic rings. The Morgan fingerprint density at radius 1 is 1.02 bits per heavy atom. The van der Waals surface area contributed by atoms with Crippen molar-refractivity contribution in [1.29, 1.82) is 0 Å². The summed E-state index contributed by atoms with van der Waals surface area (Å²) in [4.78, 5) is 54.0. The second kappa shape index (κ2) is 14.9. The molecule has 0 saturated heterocycles. The van der Waals surface area contributed by atoms with Gasteiger partial charge >= 0.3 is 12.1 Å². The Hall–Kier alpha value is -4.40. The number of benzene rings is 2. The highest BCUT2D eigenvalue weighted by Crippen LogP contribution is 2.34. The third-order valence-electron chi connectivity index (χ3n) is 7.68. The van der Waals surface area contributed by atoms with Crippen molar-refractivity contribution in [3.8, 4) is 0 Å². The number of hydrogen-bond donors (Lipinski definition) is 2. The van der Waals surface area contributed by atoms with Gasteiger partial charge in [-0.25, -0.2) is 4.79 Å². The van der Waals surface area contributed by atoms with Crippen LogP contribution in [0.2, 0.25) is 0 Å². The number of ether oxygens (including phenoxy) is 2. The molecular weight excluding hydrogens is 558 g/mol. The van der Waals surface area contributed by atoms with E-state index in [0.717, 1.165) is 23.1 Å². The van der Waals surface area contributed by atoms with Gasteiger partial charge in [-0.15, -0.1) is 0 Å². The fourth-order valence-electron chi connectivity index (χ4n) is 5.41. The van der Waals surface area contributed by atoms with Gasteiger partial charge in [0.1, 0.15) is 24.8 Å². The Balaban J connectivity index is 1.43. The standard InChI is InChI=1S/C35H43N3O6/c1-24-12-8-9-16-27(24)23-43-32(40)22-36-31(39)21-28-20-26-15-10-11-17-30(26)38(28)33(41)29(37-34(42)44-35(2,3)4)19-18-25-13-6-5-7-14-25/h5-11,13-17,24,28-29H,12,18-23H2,1-4H3,(H,36,39)(H,37,42). The molecule has 1 heterocycles. The molecule has 3 atom stereocenters. The number of hydrogen-bond acceptors (Lipinski definition) is 6. The Kier molecular flexibility index (Phi) is 11.0. The maximum absolute atomic E-state index is 14.2. The quantitative estimate of drug-likeness (QED) is 0.349. The average Bonchev–Trinajstić information content (AvgIpc) is 3.34. The maximum Gasteiger partial charge on any atom is 0.408 e. The average molecular weight is 602 g/mol. The van der Waals surface area contributed by atoms with Gasteiger partial charge in [-0.05, 0) is 75.1 Å². The smallest absolute Gasteiger partial charge is 0.408 e. The largest absolute Gasteiger partial charge is 0.460 e. The van der Waals surface area contributed by atoms with Crippen LogP contribution in [0.15, 0.2) is 78.4 Å². The van der Waals surface area contributed by atoms with Gasteiger partial charge < -0.3 is 25.0 Å². The van der Waals surface area contributed by atoms with E-state index in [1.165, 1.54) is 0 Å². The van der Waals surface area contributed by atoms with Gasteiger partial charge in [-0.3, -0.25) is 14.4 Å². The van der Waals surface area contributed by atoms with E-state index in [1.807, 2.05) is 66.7 Å². The summed E-state index contributed by atoms with van der Waals surface area (Å²) in [6, 6.07) is 15.9. The first-order chi connectivity index (χ1) is 21.0. The number of allylic oxidation sites excluding steroid dienone is 3. The first kappa shape index (κ1) is 32.5. The summed E-state index contributed by atoms with van der Waals surface area (Å²) in [7, 11) is 0. The lowest BCUT2D eigenvalue weighted by Gasteiger charge is -2.30. The Morgan fingerprint density at radius 2 is 1.75 bits per heavy atom. The minimum atomic E-state index is -0.886. The fraction of sp³-hybridized carbons (Fsp3) is 0.429. The first-order valence-corrected chi connectivity index (χ1v) is 15.2. The lowest BCUT2D eigenvalue weighted by atomic mass is 9.94. The number of para-hydroxylation sites is 1. The van der Waals surface area contributed by atoms with Crippen molar-refractivity contribution in [3.05, 3.63) is 89.5 Å². The molecule has 1 aliphatic heterocycles. The number of nitrogens with one attached hydrogen (secondary N) is 2. The molecular formula is C35H43N3O6. The van der Waals surface area contributed by atoms with Crippen molar-refractivity contribution >= 4 is 29.6 Å². The summed E-state index contributed by atoms with van der Waals surface area (Å²) in [5.41, 5.74) is 2.97. The van der Waals surface area contributed by atoms with Gasteiger partial charge in [0.25, 0.3) is 0 Å². The predicted octanol–water partition coefficient (Wildman–Crippen LogP) is 5.04. The number of aryl methyl sites for hydroxylation is 1. The molecule has 44 heavy (non-hydrogen) atoms. The second-order valence-corrected chi connectivity index (χ2v) is 12.4. The van der Waals surface area contributed by atoms with Crippen molar-refractivity contribution in [1.82, 2.24) is 10.6 Å². The summed E-state index contributed by atoms with van der Waals surface area (Å²) in [6.45, 7) is 7.30. The van der Waals surface area contributed by atoms with Crippen molar-refractivity contribution in [2.24, 2.45) is 5.92 Å². The number of carbonyl (C=O) groups excluding carboxylic acids is 4. The van der Waals surface area contributed by atoms with E-state index in [4.69, 9.17) is 9.47 Å². The van der Waals surface area contributed by atoms with E-state index in [-0.39, 0.29) is 31.4 Å². The van der Waals surface area contributed by atoms with Gasteiger partial charge in [-0.1, -0.05) is 73.7 Å². The molecule has 2 aromatic carbocycles. The maximum atomic E-state index is 14.2. The minimum Gasteiger partial charge on any atom is -0.460 e. The lowest BCUT2D eigenvalue weighted by molar-refractivity contribution is -0.143. The van der Waals surface area contributed by atoms with Gasteiger partial charge in [0, 0.05) is 18.2 Å². The zero-order valence-electron chi connectivity index (χ0n) is 26.0. The number of amides is 3. The number of alkyl carbamates (subject to hydrolysis) is 1. The molecule has 0 radical (unpaired) electrons. The molecule has 2 aromatic rings. The third-order valence-corrected chi connectivity index (χ3v) is 7.68. The normalized spacial score (nSPS) is 18.1. The van der Waals surface area contributed by atoms with Gasteiger partial charge in [0.2, 0.25) is 11.8 Å². The molecule has 3 amide bonds. The molecule has 0 spiro atoms. The number of anilines is 1. The molecule has 9 heteroatoms. The van der Waals surface area contributed by atoms with Gasteiger partial charge in [-0.2, -0.15) is 0 Å². The van der Waals surface area contributed by atoms with Crippen LogP contribution in [0.25, 0.3) is 0 Å². The van der Waals surface area contributed by atoms with Crippen LogP contribution in [-0.4, -0.2) is 54.7 Å². The zero-order valence-corrected chi connectivity index (χ0v) is 26.0. The number of rotatable bonds is 11. The highest BCUT2D eigenvalue weighted by molar-refractivity contribution is 6.01. The summed E-state index contributed by atoms with van der Waals surface area (Å²) in [5, 5.41) is 5.44. The van der Waals surface area contributed by atoms with Crippen LogP contribution in [0.5, 0.6) is 0 Å². The van der Waals surface area contributed by atoms with Gasteiger partial charge in [0.05, 0.1) is 0 Å². The molecule has 9 nitrogen and oxygen atoms in total. The van der Waals surface area contributed by atoms with E-state index in [0.29, 0.717) is 30.9 Å². The van der Waals surface area contributed by atoms with Crippen LogP contribution in [0.1, 0.15) is 58.1 Å². The summed E-state index contributed by atoms with van der Waals surface area (Å²) < 4.78 is 10.9. The molecule has 234 valence electrons. The van der Waals surface area contributed by atoms with Gasteiger partial charge in [0.15, 0.2) is 0 Å². The van der Waals surface area contributed by atoms with Crippen LogP contribution in [0.4, 0.5) is 10.5 Å². The van der Waals surface area contributed by atoms with E-state index in [9.17, 15) is 19.2 Å². The predicted molar refractivity (Wildman–Crippen MR) is 169 cm³/mol. The molecule has 1 aliphatic carbocycles. The lowest BCUT2D eigenvalue weighted by Crippen LogP contribution is -2.52. The van der Waals surface area contributed by atoms with E-state index in [2.05, 4.69) is 23.6 Å². The number of nitrogens with zero attached hydrogens (tertiary/aromatic N) is 1. The van der Waals surface area contributed by atoms with Crippen LogP contribution < -0.4 is 15.5 Å². The topological polar surface area (TPSA) is 114 Å². The van der Waals surface area contributed by atoms with Crippen LogP contribution >= 0.6 is 0 Å². The second-order valence-electron chi connectivity index (χ2n) is 12.4. The van der Waals surface area contributed by atoms with Crippen LogP contribution in [0.3, 0.4) is 0 Å². The zero-order chi connectivity index (χ0) is 31.7. The molecule has 0 bridgehead atoms. The number of carbonyl (C=O) groups is 4. The number of esters is 1. The SMILES string of the molecule is CC1CC=CC=C1COC(=O)CNC(=O)CC1Cc2ccccc2N1C(=O)C(CCc1ccccc1)NC(=O)OC(C)(C)C. The van der Waals surface area contributed by atoms with E-state index >= 15 is 0 Å². The van der Waals surface area contributed by atoms with E-state index in [1.54, 1.807) is 25.7 Å². The summed E-state index contributed by atoms with van der Waals surface area (Å²) in [5.74, 6) is -0.910. The monoisotopic (exact) mass is 601 g/mol. The fourth-order valence-corrected chi connectivity index (χ4v) is 5.41. The Morgan fingerprint density at radius 3 is 2.48 bits per heavy atom. The molecule has 0 aromatic heterocycles. The molecule has 0 fully saturated rings. The minimum absolute atomic E-state index is 0.0154. The third kappa shape index (κ3) is 9.30. The van der Waals surface area contributed by atoms with Crippen molar-refractivity contribution in [2.45, 2.75) is 77.5 Å².